The molecule has 1 rings (SSSR count). The van der Waals surface area contributed by atoms with Gasteiger partial charge in [-0.3, -0.25) is 4.98 Å². The Balaban J connectivity index is 3.31. The highest BCUT2D eigenvalue weighted by atomic mass is 19.4. The molecule has 0 aliphatic rings. The molecular formula is C8H6F5NO. The predicted octanol–water partition coefficient (Wildman–Crippen LogP) is 2.18. The molecule has 0 atom stereocenters. The van der Waals surface area contributed by atoms with Gasteiger partial charge in [0.05, 0.1) is 5.56 Å². The molecule has 0 aliphatic heterocycles. The van der Waals surface area contributed by atoms with Crippen LogP contribution in [0.3, 0.4) is 0 Å². The number of nitrogens with zero attached hydrogens (tertiary/aromatic N) is 1. The number of hydrogen-bond donors (Lipinski definition) is 1. The van der Waals surface area contributed by atoms with Gasteiger partial charge in [-0.05, 0) is 12.1 Å². The van der Waals surface area contributed by atoms with Crippen molar-refractivity contribution < 1.29 is 27.1 Å². The molecule has 0 aliphatic carbocycles. The summed E-state index contributed by atoms with van der Waals surface area (Å²) in [6, 6.07) is 1.39. The molecule has 0 unspecified atom stereocenters. The van der Waals surface area contributed by atoms with E-state index < -0.39 is 30.0 Å². The van der Waals surface area contributed by atoms with Crippen LogP contribution in [0.5, 0.6) is 0 Å². The Morgan fingerprint density at radius 2 is 1.80 bits per heavy atom. The van der Waals surface area contributed by atoms with Gasteiger partial charge < -0.3 is 5.11 Å². The Bertz CT molecular complexity index is 349. The van der Waals surface area contributed by atoms with Gasteiger partial charge in [-0.25, -0.2) is 0 Å². The van der Waals surface area contributed by atoms with E-state index in [0.29, 0.717) is 6.07 Å². The Kier molecular flexibility index (Phi) is 2.94. The first-order chi connectivity index (χ1) is 6.79. The van der Waals surface area contributed by atoms with E-state index in [-0.39, 0.29) is 0 Å². The predicted molar refractivity (Wildman–Crippen MR) is 40.2 cm³/mol. The fourth-order valence-corrected chi connectivity index (χ4v) is 1.00. The van der Waals surface area contributed by atoms with Gasteiger partial charge in [-0.1, -0.05) is 0 Å². The molecule has 1 N–H and O–H groups in total. The van der Waals surface area contributed by atoms with Crippen molar-refractivity contribution >= 4 is 0 Å². The van der Waals surface area contributed by atoms with Crippen LogP contribution in [0, 0.1) is 0 Å². The molecule has 0 saturated heterocycles. The molecule has 0 saturated carbocycles. The second-order valence-electron chi connectivity index (χ2n) is 2.76. The lowest BCUT2D eigenvalue weighted by atomic mass is 10.1. The van der Waals surface area contributed by atoms with Crippen molar-refractivity contribution in [1.29, 1.82) is 0 Å². The van der Waals surface area contributed by atoms with Crippen LogP contribution >= 0.6 is 0 Å². The zero-order valence-corrected chi connectivity index (χ0v) is 7.22. The lowest BCUT2D eigenvalue weighted by Gasteiger charge is -2.17. The van der Waals surface area contributed by atoms with Gasteiger partial charge in [0, 0.05) is 6.20 Å². The lowest BCUT2D eigenvalue weighted by Crippen LogP contribution is -2.25. The molecule has 1 heterocycles. The number of rotatable bonds is 2. The van der Waals surface area contributed by atoms with Crippen LogP contribution in [0.25, 0.3) is 0 Å². The van der Waals surface area contributed by atoms with Crippen LogP contribution < -0.4 is 0 Å². The summed E-state index contributed by atoms with van der Waals surface area (Å²) in [5, 5.41) is 8.28. The Morgan fingerprint density at radius 1 is 1.20 bits per heavy atom. The molecule has 0 amide bonds. The number of pyridine rings is 1. The number of aliphatic hydroxyl groups is 1. The summed E-state index contributed by atoms with van der Waals surface area (Å²) in [5.41, 5.74) is -3.00. The number of alkyl halides is 5. The zero-order chi connectivity index (χ0) is 11.7. The van der Waals surface area contributed by atoms with E-state index in [1.54, 1.807) is 0 Å². The minimum Gasteiger partial charge on any atom is -0.390 e. The van der Waals surface area contributed by atoms with Crippen LogP contribution in [-0.2, 0) is 12.1 Å². The highest BCUT2D eigenvalue weighted by Gasteiger charge is 2.43. The minimum absolute atomic E-state index is 0.492. The second-order valence-corrected chi connectivity index (χ2v) is 2.76. The summed E-state index contributed by atoms with van der Waals surface area (Å²) in [7, 11) is 0. The third kappa shape index (κ3) is 2.41. The van der Waals surface area contributed by atoms with Gasteiger partial charge in [0.1, 0.15) is 12.3 Å². The average molecular weight is 227 g/mol. The Hall–Kier alpha value is -1.24. The molecule has 7 heteroatoms. The van der Waals surface area contributed by atoms with E-state index in [0.717, 1.165) is 12.3 Å². The highest BCUT2D eigenvalue weighted by Crippen LogP contribution is 2.37. The zero-order valence-electron chi connectivity index (χ0n) is 7.22. The standard InChI is InChI=1S/C8H6F5NO/c9-7(10,4-15)6-5(8(11,12)13)2-1-3-14-6/h1-3,15H,4H2. The molecule has 0 bridgehead atoms. The molecule has 84 valence electrons. The molecule has 0 aromatic carbocycles. The second kappa shape index (κ2) is 3.73. The molecule has 0 radical (unpaired) electrons. The Morgan fingerprint density at radius 3 is 2.27 bits per heavy atom. The summed E-state index contributed by atoms with van der Waals surface area (Å²) >= 11 is 0. The first-order valence-corrected chi connectivity index (χ1v) is 3.80. The maximum atomic E-state index is 12.9. The van der Waals surface area contributed by atoms with Gasteiger partial charge in [-0.2, -0.15) is 22.0 Å². The molecule has 0 spiro atoms. The monoisotopic (exact) mass is 227 g/mol. The Labute approximate surface area is 81.4 Å². The highest BCUT2D eigenvalue weighted by molar-refractivity contribution is 5.26. The summed E-state index contributed by atoms with van der Waals surface area (Å²) in [4.78, 5) is 2.96. The first kappa shape index (κ1) is 11.8. The van der Waals surface area contributed by atoms with Gasteiger partial charge in [0.2, 0.25) is 0 Å². The minimum atomic E-state index is -4.91. The smallest absolute Gasteiger partial charge is 0.390 e. The van der Waals surface area contributed by atoms with Crippen molar-refractivity contribution in [1.82, 2.24) is 4.98 Å². The van der Waals surface area contributed by atoms with E-state index in [2.05, 4.69) is 4.98 Å². The van der Waals surface area contributed by atoms with Crippen molar-refractivity contribution in [2.45, 2.75) is 12.1 Å². The van der Waals surface area contributed by atoms with Gasteiger partial charge in [-0.15, -0.1) is 0 Å². The van der Waals surface area contributed by atoms with Crippen molar-refractivity contribution in [3.8, 4) is 0 Å². The fraction of sp³-hybridized carbons (Fsp3) is 0.375. The summed E-state index contributed by atoms with van der Waals surface area (Å²) < 4.78 is 62.5. The summed E-state index contributed by atoms with van der Waals surface area (Å²) in [6.07, 6.45) is -4.10. The van der Waals surface area contributed by atoms with Crippen LogP contribution in [-0.4, -0.2) is 16.7 Å². The summed E-state index contributed by atoms with van der Waals surface area (Å²) in [5.74, 6) is -3.99. The van der Waals surface area contributed by atoms with Gasteiger partial charge >= 0.3 is 12.1 Å². The molecule has 0 fully saturated rings. The molecule has 1 aromatic heterocycles. The average Bonchev–Trinajstić information content (AvgIpc) is 2.16. The quantitative estimate of drug-likeness (QED) is 0.785. The van der Waals surface area contributed by atoms with E-state index in [1.165, 1.54) is 0 Å². The van der Waals surface area contributed by atoms with Crippen LogP contribution in [0.1, 0.15) is 11.3 Å². The number of halogens is 5. The van der Waals surface area contributed by atoms with Crippen LogP contribution in [0.2, 0.25) is 0 Å². The van der Waals surface area contributed by atoms with Crippen molar-refractivity contribution in [2.24, 2.45) is 0 Å². The maximum absolute atomic E-state index is 12.9. The fourth-order valence-electron chi connectivity index (χ4n) is 1.00. The maximum Gasteiger partial charge on any atom is 0.418 e. The van der Waals surface area contributed by atoms with Crippen molar-refractivity contribution in [2.75, 3.05) is 6.61 Å². The third-order valence-electron chi connectivity index (χ3n) is 1.66. The van der Waals surface area contributed by atoms with Crippen molar-refractivity contribution in [3.63, 3.8) is 0 Å². The van der Waals surface area contributed by atoms with E-state index in [4.69, 9.17) is 5.11 Å². The number of aromatic nitrogens is 1. The van der Waals surface area contributed by atoms with E-state index >= 15 is 0 Å². The SMILES string of the molecule is OCC(F)(F)c1ncccc1C(F)(F)F. The van der Waals surface area contributed by atoms with E-state index in [9.17, 15) is 22.0 Å². The van der Waals surface area contributed by atoms with Gasteiger partial charge in [0.25, 0.3) is 0 Å². The molecule has 2 nitrogen and oxygen atoms in total. The number of hydrogen-bond acceptors (Lipinski definition) is 2. The van der Waals surface area contributed by atoms with Crippen molar-refractivity contribution in [3.05, 3.63) is 29.6 Å². The van der Waals surface area contributed by atoms with E-state index in [1.807, 2.05) is 0 Å². The normalized spacial score (nSPS) is 12.9. The van der Waals surface area contributed by atoms with Crippen LogP contribution in [0.4, 0.5) is 22.0 Å². The van der Waals surface area contributed by atoms with Crippen LogP contribution in [0.15, 0.2) is 18.3 Å². The largest absolute Gasteiger partial charge is 0.418 e. The topological polar surface area (TPSA) is 33.1 Å². The summed E-state index contributed by atoms with van der Waals surface area (Å²) in [6.45, 7) is -1.72. The molecular weight excluding hydrogens is 221 g/mol. The molecule has 1 aromatic rings. The third-order valence-corrected chi connectivity index (χ3v) is 1.66. The molecule has 15 heavy (non-hydrogen) atoms. The number of aliphatic hydroxyl groups excluding tert-OH is 1. The first-order valence-electron chi connectivity index (χ1n) is 3.80. The lowest BCUT2D eigenvalue weighted by molar-refractivity contribution is -0.144. The van der Waals surface area contributed by atoms with Gasteiger partial charge in [0.15, 0.2) is 0 Å².